The Morgan fingerprint density at radius 3 is 2.47 bits per heavy atom. The molecule has 0 aliphatic heterocycles. The Hall–Kier alpha value is 0.0800. The van der Waals surface area contributed by atoms with Crippen LogP contribution in [0, 0.1) is 11.3 Å². The van der Waals surface area contributed by atoms with Gasteiger partial charge < -0.3 is 0 Å². The highest BCUT2D eigenvalue weighted by Gasteiger charge is 2.37. The van der Waals surface area contributed by atoms with E-state index in [9.17, 15) is 8.76 Å². The van der Waals surface area contributed by atoms with Crippen molar-refractivity contribution in [1.82, 2.24) is 0 Å². The number of halogens is 1. The first-order valence-corrected chi connectivity index (χ1v) is 6.71. The third-order valence-corrected chi connectivity index (χ3v) is 3.83. The van der Waals surface area contributed by atoms with Gasteiger partial charge in [-0.3, -0.25) is 9.05 Å². The summed E-state index contributed by atoms with van der Waals surface area (Å²) in [5, 5.41) is 0. The Morgan fingerprint density at radius 2 is 2.00 bits per heavy atom. The van der Waals surface area contributed by atoms with Crippen LogP contribution in [0.4, 0.5) is 4.20 Å². The highest BCUT2D eigenvalue weighted by molar-refractivity contribution is 7.48. The summed E-state index contributed by atoms with van der Waals surface area (Å²) in [6, 6.07) is 0. The van der Waals surface area contributed by atoms with Crippen molar-refractivity contribution in [1.29, 1.82) is 0 Å². The predicted molar refractivity (Wildman–Crippen MR) is 57.4 cm³/mol. The van der Waals surface area contributed by atoms with Gasteiger partial charge in [0.15, 0.2) is 0 Å². The van der Waals surface area contributed by atoms with Gasteiger partial charge in [0.2, 0.25) is 0 Å². The lowest BCUT2D eigenvalue weighted by Gasteiger charge is -2.38. The maximum absolute atomic E-state index is 13.1. The normalized spacial score (nSPS) is 34.7. The van der Waals surface area contributed by atoms with E-state index in [0.29, 0.717) is 5.92 Å². The lowest BCUT2D eigenvalue weighted by molar-refractivity contribution is 0.0375. The summed E-state index contributed by atoms with van der Waals surface area (Å²) in [6.07, 6.45) is 2.28. The van der Waals surface area contributed by atoms with Gasteiger partial charge >= 0.3 is 7.91 Å². The Kier molecular flexibility index (Phi) is 3.96. The van der Waals surface area contributed by atoms with E-state index in [-0.39, 0.29) is 11.5 Å². The zero-order chi connectivity index (χ0) is 11.7. The third-order valence-electron chi connectivity index (χ3n) is 2.84. The molecule has 0 aromatic carbocycles. The van der Waals surface area contributed by atoms with Gasteiger partial charge in [-0.2, -0.15) is 0 Å². The van der Waals surface area contributed by atoms with Crippen molar-refractivity contribution in [3.63, 3.8) is 0 Å². The quantitative estimate of drug-likeness (QED) is 0.698. The molecule has 3 nitrogen and oxygen atoms in total. The van der Waals surface area contributed by atoms with Crippen molar-refractivity contribution in [2.45, 2.75) is 46.1 Å². The van der Waals surface area contributed by atoms with E-state index in [0.717, 1.165) is 26.4 Å². The van der Waals surface area contributed by atoms with Gasteiger partial charge in [-0.15, -0.1) is 4.20 Å². The molecule has 1 rings (SSSR count). The molecule has 0 radical (unpaired) electrons. The van der Waals surface area contributed by atoms with Crippen LogP contribution >= 0.6 is 7.91 Å². The fourth-order valence-electron chi connectivity index (χ4n) is 2.56. The first-order chi connectivity index (χ1) is 6.74. The van der Waals surface area contributed by atoms with Crippen molar-refractivity contribution in [3.05, 3.63) is 0 Å². The van der Waals surface area contributed by atoms with Crippen LogP contribution in [0.3, 0.4) is 0 Å². The van der Waals surface area contributed by atoms with Crippen LogP contribution in [-0.2, 0) is 13.6 Å². The van der Waals surface area contributed by atoms with E-state index in [4.69, 9.17) is 4.52 Å². The van der Waals surface area contributed by atoms with Crippen molar-refractivity contribution < 1.29 is 17.8 Å². The largest absolute Gasteiger partial charge is 0.513 e. The summed E-state index contributed by atoms with van der Waals surface area (Å²) in [6.45, 7) is 6.34. The van der Waals surface area contributed by atoms with E-state index in [1.807, 2.05) is 0 Å². The van der Waals surface area contributed by atoms with Crippen LogP contribution in [0.5, 0.6) is 0 Å². The Bertz CT molecular complexity index is 267. The predicted octanol–water partition coefficient (Wildman–Crippen LogP) is 3.94. The summed E-state index contributed by atoms with van der Waals surface area (Å²) in [5.74, 6) is 0.468. The van der Waals surface area contributed by atoms with Crippen molar-refractivity contribution in [2.24, 2.45) is 11.3 Å². The fraction of sp³-hybridized carbons (Fsp3) is 1.00. The van der Waals surface area contributed by atoms with Crippen molar-refractivity contribution in [3.8, 4) is 0 Å². The molecule has 1 aliphatic carbocycles. The lowest BCUT2D eigenvalue weighted by atomic mass is 9.72. The Labute approximate surface area is 91.0 Å². The highest BCUT2D eigenvalue weighted by atomic mass is 31.2. The van der Waals surface area contributed by atoms with E-state index >= 15 is 0 Å². The van der Waals surface area contributed by atoms with Gasteiger partial charge in [0.25, 0.3) is 0 Å². The maximum atomic E-state index is 13.1. The smallest absolute Gasteiger partial charge is 0.287 e. The van der Waals surface area contributed by atoms with Crippen molar-refractivity contribution >= 4 is 7.91 Å². The average Bonchev–Trinajstić information content (AvgIpc) is 1.99. The summed E-state index contributed by atoms with van der Waals surface area (Å²) in [5.41, 5.74) is 0.121. The standard InChI is InChI=1S/C10H20FO3P/c1-8-5-9(7-10(2,3)6-8)14-15(11,12)13-4/h8-9H,5-7H2,1-4H3. The molecule has 3 unspecified atom stereocenters. The van der Waals surface area contributed by atoms with Crippen molar-refractivity contribution in [2.75, 3.05) is 7.11 Å². The summed E-state index contributed by atoms with van der Waals surface area (Å²) in [7, 11) is -3.26. The second-order valence-corrected chi connectivity index (χ2v) is 6.69. The molecule has 90 valence electrons. The minimum atomic E-state index is -4.32. The first-order valence-electron chi connectivity index (χ1n) is 5.28. The molecule has 1 saturated carbocycles. The number of hydrogen-bond acceptors (Lipinski definition) is 3. The maximum Gasteiger partial charge on any atom is 0.513 e. The van der Waals surface area contributed by atoms with Gasteiger partial charge in [0.05, 0.1) is 6.10 Å². The molecule has 5 heteroatoms. The summed E-state index contributed by atoms with van der Waals surface area (Å²) < 4.78 is 33.3. The second kappa shape index (κ2) is 4.52. The minimum Gasteiger partial charge on any atom is -0.287 e. The molecule has 0 bridgehead atoms. The number of rotatable bonds is 3. The topological polar surface area (TPSA) is 35.5 Å². The minimum absolute atomic E-state index is 0.121. The number of hydrogen-bond donors (Lipinski definition) is 0. The van der Waals surface area contributed by atoms with Gasteiger partial charge in [0, 0.05) is 7.11 Å². The summed E-state index contributed by atoms with van der Waals surface area (Å²) in [4.78, 5) is 0. The van der Waals surface area contributed by atoms with Crippen LogP contribution in [0.25, 0.3) is 0 Å². The second-order valence-electron chi connectivity index (χ2n) is 5.25. The molecular weight excluding hydrogens is 218 g/mol. The van der Waals surface area contributed by atoms with E-state index < -0.39 is 7.91 Å². The molecular formula is C10H20FO3P. The van der Waals surface area contributed by atoms with Crippen LogP contribution in [-0.4, -0.2) is 13.2 Å². The Morgan fingerprint density at radius 1 is 1.40 bits per heavy atom. The zero-order valence-corrected chi connectivity index (χ0v) is 10.7. The molecule has 0 saturated heterocycles. The molecule has 0 aromatic rings. The molecule has 0 amide bonds. The molecule has 3 atom stereocenters. The van der Waals surface area contributed by atoms with Crippen LogP contribution < -0.4 is 0 Å². The Balaban J connectivity index is 2.60. The molecule has 0 aromatic heterocycles. The van der Waals surface area contributed by atoms with Gasteiger partial charge in [-0.05, 0) is 30.6 Å². The SMILES string of the molecule is COP(=O)(F)OC1CC(C)CC(C)(C)C1. The van der Waals surface area contributed by atoms with Gasteiger partial charge in [0.1, 0.15) is 0 Å². The van der Waals surface area contributed by atoms with E-state index in [1.54, 1.807) is 0 Å². The average molecular weight is 238 g/mol. The molecule has 0 N–H and O–H groups in total. The van der Waals surface area contributed by atoms with Gasteiger partial charge in [-0.25, -0.2) is 4.57 Å². The highest BCUT2D eigenvalue weighted by Crippen LogP contribution is 2.53. The summed E-state index contributed by atoms with van der Waals surface area (Å²) >= 11 is 0. The van der Waals surface area contributed by atoms with E-state index in [2.05, 4.69) is 25.3 Å². The molecule has 15 heavy (non-hydrogen) atoms. The first kappa shape index (κ1) is 13.1. The van der Waals surface area contributed by atoms with Crippen LogP contribution in [0.2, 0.25) is 0 Å². The molecule has 1 aliphatic rings. The molecule has 0 heterocycles. The third kappa shape index (κ3) is 4.21. The van der Waals surface area contributed by atoms with Gasteiger partial charge in [-0.1, -0.05) is 20.8 Å². The van der Waals surface area contributed by atoms with Crippen LogP contribution in [0.15, 0.2) is 0 Å². The molecule has 0 spiro atoms. The lowest BCUT2D eigenvalue weighted by Crippen LogP contribution is -2.31. The monoisotopic (exact) mass is 238 g/mol. The van der Waals surface area contributed by atoms with Crippen LogP contribution in [0.1, 0.15) is 40.0 Å². The van der Waals surface area contributed by atoms with E-state index in [1.165, 1.54) is 0 Å². The zero-order valence-electron chi connectivity index (χ0n) is 9.83. The molecule has 1 fully saturated rings. The fourth-order valence-corrected chi connectivity index (χ4v) is 3.16.